The Kier molecular flexibility index (Phi) is 10.3. The molecule has 12 aromatic carbocycles. The number of anilines is 3. The van der Waals surface area contributed by atoms with Gasteiger partial charge in [0.05, 0.1) is 11.1 Å². The Morgan fingerprint density at radius 2 is 0.816 bits per heavy atom. The average Bonchev–Trinajstić information content (AvgIpc) is 4.22. The van der Waals surface area contributed by atoms with E-state index in [9.17, 15) is 0 Å². The summed E-state index contributed by atoms with van der Waals surface area (Å²) in [6.07, 6.45) is 0. The number of fused-ring (bicyclic) bond motifs is 9. The summed E-state index contributed by atoms with van der Waals surface area (Å²) in [5.74, 6) is 0. The van der Waals surface area contributed by atoms with Crippen LogP contribution in [0, 0.1) is 0 Å². The summed E-state index contributed by atoms with van der Waals surface area (Å²) in [6.45, 7) is 0. The molecule has 1 aliphatic carbocycles. The molecule has 2 aromatic heterocycles. The maximum atomic E-state index is 6.18. The second-order valence-electron chi connectivity index (χ2n) is 19.9. The molecule has 0 aliphatic heterocycles. The monoisotopic (exact) mass is 985 g/mol. The van der Waals surface area contributed by atoms with Crippen LogP contribution in [-0.4, -0.2) is 0 Å². The van der Waals surface area contributed by atoms with E-state index in [2.05, 4.69) is 278 Å². The summed E-state index contributed by atoms with van der Waals surface area (Å²) >= 11 is 1.88. The highest BCUT2D eigenvalue weighted by molar-refractivity contribution is 7.26. The van der Waals surface area contributed by atoms with Crippen LogP contribution in [0.2, 0.25) is 0 Å². The molecule has 3 heteroatoms. The van der Waals surface area contributed by atoms with Gasteiger partial charge < -0.3 is 9.32 Å². The van der Waals surface area contributed by atoms with Crippen LogP contribution in [-0.2, 0) is 5.41 Å². The van der Waals surface area contributed by atoms with Crippen molar-refractivity contribution in [1.82, 2.24) is 0 Å². The minimum atomic E-state index is -0.529. The van der Waals surface area contributed by atoms with E-state index in [-0.39, 0.29) is 0 Å². The first-order valence-electron chi connectivity index (χ1n) is 26.1. The largest absolute Gasteiger partial charge is 0.456 e. The van der Waals surface area contributed by atoms with Crippen molar-refractivity contribution in [2.24, 2.45) is 0 Å². The zero-order valence-corrected chi connectivity index (χ0v) is 42.2. The third-order valence-corrected chi connectivity index (χ3v) is 17.0. The Morgan fingerprint density at radius 3 is 1.55 bits per heavy atom. The molecular weight excluding hydrogens is 939 g/mol. The maximum absolute atomic E-state index is 6.18. The fourth-order valence-corrected chi connectivity index (χ4v) is 13.5. The van der Waals surface area contributed by atoms with Gasteiger partial charge in [0, 0.05) is 47.9 Å². The van der Waals surface area contributed by atoms with E-state index in [1.54, 1.807) is 0 Å². The summed E-state index contributed by atoms with van der Waals surface area (Å²) in [7, 11) is 0. The smallest absolute Gasteiger partial charge is 0.135 e. The van der Waals surface area contributed by atoms with Gasteiger partial charge in [-0.25, -0.2) is 0 Å². The van der Waals surface area contributed by atoms with Crippen LogP contribution in [0.15, 0.2) is 290 Å². The molecule has 0 bridgehead atoms. The van der Waals surface area contributed by atoms with Gasteiger partial charge in [-0.2, -0.15) is 0 Å². The fraction of sp³-hybridized carbons (Fsp3) is 0.0137. The van der Waals surface area contributed by atoms with Gasteiger partial charge in [-0.15, -0.1) is 11.3 Å². The quantitative estimate of drug-likeness (QED) is 0.143. The van der Waals surface area contributed by atoms with Crippen LogP contribution in [0.1, 0.15) is 22.3 Å². The van der Waals surface area contributed by atoms with Crippen molar-refractivity contribution in [3.63, 3.8) is 0 Å². The molecule has 76 heavy (non-hydrogen) atoms. The van der Waals surface area contributed by atoms with Gasteiger partial charge in [0.1, 0.15) is 11.2 Å². The van der Waals surface area contributed by atoms with E-state index in [0.717, 1.165) is 61.3 Å². The SMILES string of the molecule is c1ccc(C2(c3ccccc3)c3ccccc3-c3c(N(c4ccc(-c5ccc(-c6cccc7c6sc6ccccc67)cc5)cc4)c4ccc(-c5cccc(-c6ccc7oc8ccccc8c7c6)c5)cc4)cccc32)cc1. The number of para-hydroxylation sites is 1. The van der Waals surface area contributed by atoms with Crippen molar-refractivity contribution in [3.8, 4) is 55.6 Å². The molecule has 0 radical (unpaired) electrons. The molecule has 15 rings (SSSR count). The van der Waals surface area contributed by atoms with Crippen LogP contribution in [0.4, 0.5) is 17.1 Å². The van der Waals surface area contributed by atoms with Crippen molar-refractivity contribution in [2.75, 3.05) is 4.90 Å². The van der Waals surface area contributed by atoms with E-state index in [1.807, 2.05) is 23.5 Å². The van der Waals surface area contributed by atoms with Gasteiger partial charge >= 0.3 is 0 Å². The molecule has 0 atom stereocenters. The molecule has 2 nitrogen and oxygen atoms in total. The Hall–Kier alpha value is -9.54. The molecule has 0 fully saturated rings. The molecule has 0 saturated heterocycles. The first-order chi connectivity index (χ1) is 37.7. The number of nitrogens with zero attached hydrogens (tertiary/aromatic N) is 1. The molecule has 2 heterocycles. The van der Waals surface area contributed by atoms with Crippen LogP contribution >= 0.6 is 11.3 Å². The fourth-order valence-electron chi connectivity index (χ4n) is 12.3. The lowest BCUT2D eigenvalue weighted by Crippen LogP contribution is -2.28. The lowest BCUT2D eigenvalue weighted by molar-refractivity contribution is 0.669. The second kappa shape index (κ2) is 17.8. The lowest BCUT2D eigenvalue weighted by Gasteiger charge is -2.34. The predicted octanol–water partition coefficient (Wildman–Crippen LogP) is 20.5. The number of hydrogen-bond donors (Lipinski definition) is 0. The Labute approximate surface area is 445 Å². The zero-order valence-electron chi connectivity index (χ0n) is 41.4. The molecule has 0 amide bonds. The average molecular weight is 986 g/mol. The summed E-state index contributed by atoms with van der Waals surface area (Å²) in [5, 5.41) is 4.90. The Morgan fingerprint density at radius 1 is 0.316 bits per heavy atom. The predicted molar refractivity (Wildman–Crippen MR) is 320 cm³/mol. The van der Waals surface area contributed by atoms with Crippen LogP contribution in [0.25, 0.3) is 97.7 Å². The number of furan rings is 1. The maximum Gasteiger partial charge on any atom is 0.135 e. The van der Waals surface area contributed by atoms with E-state index >= 15 is 0 Å². The Balaban J connectivity index is 0.845. The summed E-state index contributed by atoms with van der Waals surface area (Å²) in [4.78, 5) is 2.46. The van der Waals surface area contributed by atoms with E-state index < -0.39 is 5.41 Å². The van der Waals surface area contributed by atoms with Gasteiger partial charge in [-0.05, 0) is 133 Å². The molecule has 14 aromatic rings. The molecule has 356 valence electrons. The number of benzene rings is 12. The zero-order chi connectivity index (χ0) is 50.2. The van der Waals surface area contributed by atoms with Crippen LogP contribution < -0.4 is 4.90 Å². The van der Waals surface area contributed by atoms with Gasteiger partial charge in [0.2, 0.25) is 0 Å². The van der Waals surface area contributed by atoms with Crippen molar-refractivity contribution in [3.05, 3.63) is 307 Å². The molecular formula is C73H47NOS. The van der Waals surface area contributed by atoms with Crippen molar-refractivity contribution < 1.29 is 4.42 Å². The van der Waals surface area contributed by atoms with Crippen LogP contribution in [0.3, 0.4) is 0 Å². The number of thiophene rings is 1. The molecule has 0 saturated carbocycles. The highest BCUT2D eigenvalue weighted by Crippen LogP contribution is 2.59. The molecule has 0 N–H and O–H groups in total. The Bertz CT molecular complexity index is 4450. The van der Waals surface area contributed by atoms with Crippen molar-refractivity contribution in [2.45, 2.75) is 5.41 Å². The van der Waals surface area contributed by atoms with Gasteiger partial charge in [0.15, 0.2) is 0 Å². The third kappa shape index (κ3) is 7.01. The topological polar surface area (TPSA) is 16.4 Å². The summed E-state index contributed by atoms with van der Waals surface area (Å²) in [5.41, 5.74) is 21.6. The highest BCUT2D eigenvalue weighted by Gasteiger charge is 2.47. The highest BCUT2D eigenvalue weighted by atomic mass is 32.1. The minimum Gasteiger partial charge on any atom is -0.456 e. The van der Waals surface area contributed by atoms with Crippen molar-refractivity contribution >= 4 is 70.5 Å². The van der Waals surface area contributed by atoms with Gasteiger partial charge in [-0.3, -0.25) is 0 Å². The van der Waals surface area contributed by atoms with Gasteiger partial charge in [0.25, 0.3) is 0 Å². The molecule has 1 aliphatic rings. The number of rotatable bonds is 9. The minimum absolute atomic E-state index is 0.529. The summed E-state index contributed by atoms with van der Waals surface area (Å²) in [6, 6.07) is 105. The van der Waals surface area contributed by atoms with E-state index in [1.165, 1.54) is 75.8 Å². The first kappa shape index (κ1) is 44.0. The number of hydrogen-bond acceptors (Lipinski definition) is 3. The van der Waals surface area contributed by atoms with E-state index in [4.69, 9.17) is 4.42 Å². The van der Waals surface area contributed by atoms with Gasteiger partial charge in [-0.1, -0.05) is 224 Å². The van der Waals surface area contributed by atoms with Crippen LogP contribution in [0.5, 0.6) is 0 Å². The van der Waals surface area contributed by atoms with Crippen molar-refractivity contribution in [1.29, 1.82) is 0 Å². The molecule has 0 unspecified atom stereocenters. The lowest BCUT2D eigenvalue weighted by atomic mass is 9.68. The molecule has 0 spiro atoms. The first-order valence-corrected chi connectivity index (χ1v) is 26.9. The third-order valence-electron chi connectivity index (χ3n) is 15.8. The standard InChI is InChI=1S/C73H47NOS/c1-3-18-55(19-4-1)73(56-20-5-2-6-21-56)65-27-10-7-24-63(65)71-66(73)28-15-29-67(71)74(57-41-36-49(37-42-57)48-32-34-51(35-33-48)59-25-14-26-62-61-23-9-12-31-70(61)76-72(59)62)58-43-38-50(39-44-58)52-16-13-17-53(46-52)54-40-45-69-64(47-54)60-22-8-11-30-68(60)75-69/h1-47H. The van der Waals surface area contributed by atoms with E-state index in [0.29, 0.717) is 0 Å². The second-order valence-corrected chi connectivity index (χ2v) is 21.0. The summed E-state index contributed by atoms with van der Waals surface area (Å²) < 4.78 is 8.84. The normalized spacial score (nSPS) is 12.6.